The Morgan fingerprint density at radius 3 is 2.54 bits per heavy atom. The van der Waals surface area contributed by atoms with E-state index in [0.717, 1.165) is 70.7 Å². The highest BCUT2D eigenvalue weighted by atomic mass is 35.5. The standard InChI is InChI=1S/C32H37ClN4O4/c1-4-16-34-27-14-12-24(36-32(39)35-17-8-6-7-9-30(38)40-5-2)20-25(27)31-37-28-19-23(11-15-29(28)41-31)22-10-13-26(33)21(3)18-22/h10-15,18-20,34H,4-9,16-17H2,1-3H3,(H2,35,36,39). The summed E-state index contributed by atoms with van der Waals surface area (Å²) in [6.45, 7) is 7.58. The number of fused-ring (bicyclic) bond motifs is 1. The topological polar surface area (TPSA) is 105 Å². The van der Waals surface area contributed by atoms with Crippen molar-refractivity contribution >= 4 is 46.1 Å². The monoisotopic (exact) mass is 576 g/mol. The molecular weight excluding hydrogens is 540 g/mol. The van der Waals surface area contributed by atoms with Crippen LogP contribution in [0.4, 0.5) is 16.2 Å². The Balaban J connectivity index is 1.46. The van der Waals surface area contributed by atoms with Crippen LogP contribution in [0.2, 0.25) is 5.02 Å². The summed E-state index contributed by atoms with van der Waals surface area (Å²) in [5, 5.41) is 9.94. The number of benzene rings is 3. The average Bonchev–Trinajstić information content (AvgIpc) is 3.39. The van der Waals surface area contributed by atoms with Crippen molar-refractivity contribution in [3.8, 4) is 22.6 Å². The quantitative estimate of drug-likeness (QED) is 0.109. The van der Waals surface area contributed by atoms with Gasteiger partial charge in [-0.25, -0.2) is 9.78 Å². The molecule has 4 aromatic rings. The Hall–Kier alpha value is -4.04. The van der Waals surface area contributed by atoms with Gasteiger partial charge in [0.2, 0.25) is 5.89 Å². The minimum atomic E-state index is -0.295. The molecule has 41 heavy (non-hydrogen) atoms. The molecule has 0 atom stereocenters. The van der Waals surface area contributed by atoms with Crippen molar-refractivity contribution in [2.45, 2.75) is 52.9 Å². The molecule has 0 spiro atoms. The molecule has 0 fully saturated rings. The number of halogens is 1. The first-order chi connectivity index (χ1) is 19.9. The Morgan fingerprint density at radius 1 is 0.951 bits per heavy atom. The number of rotatable bonds is 13. The summed E-state index contributed by atoms with van der Waals surface area (Å²) in [6, 6.07) is 17.2. The van der Waals surface area contributed by atoms with Gasteiger partial charge in [0, 0.05) is 35.9 Å². The lowest BCUT2D eigenvalue weighted by atomic mass is 10.0. The molecule has 0 radical (unpaired) electrons. The second-order valence-corrected chi connectivity index (χ2v) is 10.3. The van der Waals surface area contributed by atoms with Crippen LogP contribution in [0, 0.1) is 6.92 Å². The van der Waals surface area contributed by atoms with Crippen molar-refractivity contribution in [2.75, 3.05) is 30.3 Å². The second kappa shape index (κ2) is 14.6. The summed E-state index contributed by atoms with van der Waals surface area (Å²) in [6.07, 6.45) is 3.71. The third-order valence-corrected chi connectivity index (χ3v) is 7.02. The highest BCUT2D eigenvalue weighted by Crippen LogP contribution is 2.34. The molecule has 8 nitrogen and oxygen atoms in total. The van der Waals surface area contributed by atoms with Gasteiger partial charge in [-0.1, -0.05) is 37.1 Å². The minimum Gasteiger partial charge on any atom is -0.466 e. The summed E-state index contributed by atoms with van der Waals surface area (Å²) >= 11 is 6.21. The number of carbonyl (C=O) groups excluding carboxylic acids is 2. The summed E-state index contributed by atoms with van der Waals surface area (Å²) in [5.74, 6) is 0.288. The number of ether oxygens (including phenoxy) is 1. The van der Waals surface area contributed by atoms with Gasteiger partial charge >= 0.3 is 12.0 Å². The molecule has 0 aliphatic carbocycles. The van der Waals surface area contributed by atoms with E-state index in [0.29, 0.717) is 36.7 Å². The SMILES string of the molecule is CCCNc1ccc(NC(=O)NCCCCCC(=O)OCC)cc1-c1nc2cc(-c3ccc(Cl)c(C)c3)ccc2o1. The van der Waals surface area contributed by atoms with Crippen molar-refractivity contribution < 1.29 is 18.7 Å². The summed E-state index contributed by atoms with van der Waals surface area (Å²) < 4.78 is 11.1. The van der Waals surface area contributed by atoms with E-state index in [1.807, 2.05) is 55.5 Å². The van der Waals surface area contributed by atoms with E-state index >= 15 is 0 Å². The molecule has 0 bridgehead atoms. The molecule has 0 saturated carbocycles. The zero-order chi connectivity index (χ0) is 29.2. The lowest BCUT2D eigenvalue weighted by Crippen LogP contribution is -2.29. The molecule has 3 N–H and O–H groups in total. The molecule has 2 amide bonds. The van der Waals surface area contributed by atoms with Crippen LogP contribution in [0.15, 0.2) is 59.0 Å². The van der Waals surface area contributed by atoms with Gasteiger partial charge in [-0.3, -0.25) is 4.79 Å². The average molecular weight is 577 g/mol. The van der Waals surface area contributed by atoms with Gasteiger partial charge in [-0.2, -0.15) is 0 Å². The van der Waals surface area contributed by atoms with E-state index in [1.165, 1.54) is 0 Å². The second-order valence-electron chi connectivity index (χ2n) is 9.85. The number of unbranched alkanes of at least 4 members (excludes halogenated alkanes) is 2. The number of esters is 1. The molecular formula is C32H37ClN4O4. The van der Waals surface area contributed by atoms with Gasteiger partial charge in [0.05, 0.1) is 12.2 Å². The first-order valence-electron chi connectivity index (χ1n) is 14.1. The smallest absolute Gasteiger partial charge is 0.319 e. The predicted molar refractivity (Wildman–Crippen MR) is 166 cm³/mol. The molecule has 216 valence electrons. The number of aryl methyl sites for hydroxylation is 1. The zero-order valence-electron chi connectivity index (χ0n) is 23.8. The van der Waals surface area contributed by atoms with Crippen LogP contribution in [0.1, 0.15) is 51.5 Å². The molecule has 0 aliphatic rings. The third-order valence-electron chi connectivity index (χ3n) is 6.60. The van der Waals surface area contributed by atoms with Crippen molar-refractivity contribution in [1.29, 1.82) is 0 Å². The fraction of sp³-hybridized carbons (Fsp3) is 0.344. The number of urea groups is 1. The molecule has 1 heterocycles. The highest BCUT2D eigenvalue weighted by Gasteiger charge is 2.15. The minimum absolute atomic E-state index is 0.179. The van der Waals surface area contributed by atoms with E-state index < -0.39 is 0 Å². The Labute approximate surface area is 245 Å². The number of hydrogen-bond acceptors (Lipinski definition) is 6. The largest absolute Gasteiger partial charge is 0.466 e. The third kappa shape index (κ3) is 8.24. The maximum absolute atomic E-state index is 12.5. The zero-order valence-corrected chi connectivity index (χ0v) is 24.6. The molecule has 4 rings (SSSR count). The normalized spacial score (nSPS) is 10.9. The van der Waals surface area contributed by atoms with Crippen molar-refractivity contribution in [3.63, 3.8) is 0 Å². The van der Waals surface area contributed by atoms with Crippen LogP contribution in [0.3, 0.4) is 0 Å². The summed E-state index contributed by atoms with van der Waals surface area (Å²) in [5.41, 5.74) is 6.77. The maximum atomic E-state index is 12.5. The maximum Gasteiger partial charge on any atom is 0.319 e. The first kappa shape index (κ1) is 29.9. The molecule has 9 heteroatoms. The van der Waals surface area contributed by atoms with E-state index in [9.17, 15) is 9.59 Å². The Bertz CT molecular complexity index is 1500. The van der Waals surface area contributed by atoms with E-state index in [4.69, 9.17) is 25.7 Å². The van der Waals surface area contributed by atoms with Gasteiger partial charge in [0.1, 0.15) is 5.52 Å². The summed E-state index contributed by atoms with van der Waals surface area (Å²) in [7, 11) is 0. The number of oxazole rings is 1. The molecule has 3 aromatic carbocycles. The van der Waals surface area contributed by atoms with Gasteiger partial charge in [-0.05, 0) is 92.3 Å². The summed E-state index contributed by atoms with van der Waals surface area (Å²) in [4.78, 5) is 28.8. The predicted octanol–water partition coefficient (Wildman–Crippen LogP) is 8.19. The number of nitrogens with one attached hydrogen (secondary N) is 3. The van der Waals surface area contributed by atoms with E-state index in [-0.39, 0.29) is 12.0 Å². The van der Waals surface area contributed by atoms with Crippen molar-refractivity contribution in [1.82, 2.24) is 10.3 Å². The van der Waals surface area contributed by atoms with Gasteiger partial charge in [-0.15, -0.1) is 0 Å². The van der Waals surface area contributed by atoms with Gasteiger partial charge < -0.3 is 25.1 Å². The van der Waals surface area contributed by atoms with Crippen LogP contribution in [-0.2, 0) is 9.53 Å². The van der Waals surface area contributed by atoms with Gasteiger partial charge in [0.15, 0.2) is 5.58 Å². The number of aromatic nitrogens is 1. The number of hydrogen-bond donors (Lipinski definition) is 3. The number of carbonyl (C=O) groups is 2. The number of nitrogens with zero attached hydrogens (tertiary/aromatic N) is 1. The Kier molecular flexibility index (Phi) is 10.6. The molecule has 0 aliphatic heterocycles. The lowest BCUT2D eigenvalue weighted by molar-refractivity contribution is -0.143. The van der Waals surface area contributed by atoms with Crippen LogP contribution in [0.5, 0.6) is 0 Å². The first-order valence-corrected chi connectivity index (χ1v) is 14.5. The number of anilines is 2. The fourth-order valence-electron chi connectivity index (χ4n) is 4.44. The lowest BCUT2D eigenvalue weighted by Gasteiger charge is -2.13. The fourth-order valence-corrected chi connectivity index (χ4v) is 4.56. The van der Waals surface area contributed by atoms with E-state index in [1.54, 1.807) is 6.92 Å². The molecule has 1 aromatic heterocycles. The number of amides is 2. The van der Waals surface area contributed by atoms with Crippen LogP contribution in [0.25, 0.3) is 33.7 Å². The van der Waals surface area contributed by atoms with Crippen LogP contribution >= 0.6 is 11.6 Å². The molecule has 0 saturated heterocycles. The Morgan fingerprint density at radius 2 is 1.76 bits per heavy atom. The van der Waals surface area contributed by atoms with Crippen LogP contribution < -0.4 is 16.0 Å². The van der Waals surface area contributed by atoms with Crippen LogP contribution in [-0.4, -0.2) is 36.7 Å². The van der Waals surface area contributed by atoms with Crippen molar-refractivity contribution in [2.24, 2.45) is 0 Å². The van der Waals surface area contributed by atoms with E-state index in [2.05, 4.69) is 28.9 Å². The van der Waals surface area contributed by atoms with Crippen molar-refractivity contribution in [3.05, 3.63) is 65.2 Å². The van der Waals surface area contributed by atoms with Gasteiger partial charge in [0.25, 0.3) is 0 Å². The molecule has 0 unspecified atom stereocenters. The highest BCUT2D eigenvalue weighted by molar-refractivity contribution is 6.31.